The number of unbranched alkanes of at least 4 members (excludes halogenated alkanes) is 6. The second kappa shape index (κ2) is 22.6. The third-order valence-corrected chi connectivity index (χ3v) is 6.98. The zero-order valence-electron chi connectivity index (χ0n) is 25.7. The van der Waals surface area contributed by atoms with E-state index in [-0.39, 0.29) is 0 Å². The van der Waals surface area contributed by atoms with Crippen molar-refractivity contribution >= 4 is 11.4 Å². The normalized spacial score (nSPS) is 11.2. The van der Waals surface area contributed by atoms with Crippen LogP contribution >= 0.6 is 0 Å². The van der Waals surface area contributed by atoms with Crippen LogP contribution < -0.4 is 0 Å². The fraction of sp³-hybridized carbons (Fsp3) is 0.556. The molecule has 0 aliphatic rings. The molecule has 0 aliphatic carbocycles. The molecule has 0 radical (unpaired) electrons. The summed E-state index contributed by atoms with van der Waals surface area (Å²) in [5.74, 6) is 7.13. The molecule has 2 nitrogen and oxygen atoms in total. The summed E-state index contributed by atoms with van der Waals surface area (Å²) in [6, 6.07) is 18.3. The second-order valence-electron chi connectivity index (χ2n) is 10.4. The van der Waals surface area contributed by atoms with Gasteiger partial charge in [0.25, 0.3) is 0 Å². The van der Waals surface area contributed by atoms with Crippen LogP contribution in [-0.4, -0.2) is 10.7 Å². The van der Waals surface area contributed by atoms with Crippen LogP contribution in [0.2, 0.25) is 11.8 Å². The van der Waals surface area contributed by atoms with Crippen LogP contribution in [0.25, 0.3) is 11.1 Å². The molecule has 0 bridgehead atoms. The van der Waals surface area contributed by atoms with Gasteiger partial charge in [0.15, 0.2) is 0 Å². The molecule has 2 rings (SSSR count). The topological polar surface area (TPSA) is 36.4 Å². The molecule has 0 aliphatic heterocycles. The quantitative estimate of drug-likeness (QED) is 0.0451. The molecule has 2 aromatic carbocycles. The van der Waals surface area contributed by atoms with Gasteiger partial charge >= 0.3 is 32.1 Å². The van der Waals surface area contributed by atoms with Crippen molar-refractivity contribution in [1.82, 2.24) is 0 Å². The summed E-state index contributed by atoms with van der Waals surface area (Å²) in [7, 11) is 0. The Kier molecular flexibility index (Phi) is 20.2. The van der Waals surface area contributed by atoms with Crippen LogP contribution in [0.3, 0.4) is 0 Å². The van der Waals surface area contributed by atoms with Crippen molar-refractivity contribution in [2.75, 3.05) is 0 Å². The van der Waals surface area contributed by atoms with Gasteiger partial charge in [0, 0.05) is 0 Å². The first kappa shape index (κ1) is 34.9. The molecule has 0 N–H and O–H groups in total. The number of nitrogens with zero attached hydrogens (tertiary/aromatic N) is 2. The Morgan fingerprint density at radius 1 is 0.692 bits per heavy atom. The van der Waals surface area contributed by atoms with Crippen molar-refractivity contribution in [2.45, 2.75) is 129 Å². The molecule has 0 saturated heterocycles. The van der Waals surface area contributed by atoms with Gasteiger partial charge in [-0.1, -0.05) is 115 Å². The minimum absolute atomic E-state index is 0.886. The maximum absolute atomic E-state index is 9.56. The Balaban J connectivity index is 0.00000242. The van der Waals surface area contributed by atoms with Crippen molar-refractivity contribution in [3.63, 3.8) is 0 Å². The summed E-state index contributed by atoms with van der Waals surface area (Å²) in [6.45, 7) is 8.98. The monoisotopic (exact) mass is 572 g/mol. The molecule has 218 valence electrons. The predicted octanol–water partition coefficient (Wildman–Crippen LogP) is 11.3. The van der Waals surface area contributed by atoms with Gasteiger partial charge in [0.2, 0.25) is 0 Å². The molecule has 0 aromatic heterocycles. The summed E-state index contributed by atoms with van der Waals surface area (Å²) in [5.41, 5.74) is 18.6. The van der Waals surface area contributed by atoms with E-state index in [9.17, 15) is 5.53 Å². The van der Waals surface area contributed by atoms with Crippen LogP contribution in [0, 0.1) is 0 Å². The Bertz CT molecular complexity index is 1060. The summed E-state index contributed by atoms with van der Waals surface area (Å²) in [4.78, 5) is 3.41. The van der Waals surface area contributed by atoms with Gasteiger partial charge in [-0.05, 0) is 84.8 Å². The molecule has 0 unspecified atom stereocenters. The van der Waals surface area contributed by atoms with E-state index in [0.717, 1.165) is 50.5 Å². The molecule has 2 aromatic rings. The van der Waals surface area contributed by atoms with E-state index in [4.69, 9.17) is 0 Å². The first-order valence-corrected chi connectivity index (χ1v) is 17.2. The maximum atomic E-state index is 9.56. The fourth-order valence-electron chi connectivity index (χ4n) is 4.91. The molecule has 3 heteroatoms. The van der Waals surface area contributed by atoms with E-state index in [0.29, 0.717) is 0 Å². The van der Waals surface area contributed by atoms with Gasteiger partial charge < -0.3 is 5.53 Å². The van der Waals surface area contributed by atoms with E-state index in [1.165, 1.54) is 78.3 Å². The van der Waals surface area contributed by atoms with Gasteiger partial charge in [-0.15, -0.1) is 4.79 Å². The third kappa shape index (κ3) is 13.6. The summed E-state index contributed by atoms with van der Waals surface area (Å²) in [5, 5.41) is 0. The minimum atomic E-state index is 0.886. The van der Waals surface area contributed by atoms with Crippen LogP contribution in [0.5, 0.6) is 0 Å². The standard InChI is InChI=1S/C34H48N2.2CH3.Ni/c1-5-9-13-18-29-20-16-23-31(26-29)34(30-22-15-19-28(25-30)17-11-7-3)33(24-14-10-6-2)32(27-36-35)21-12-8-4;;;/h15-16,19-20,22-23,25-26H,5-14,17-18,21,24H2,1-4H3;2*1H3;. The van der Waals surface area contributed by atoms with Crippen molar-refractivity contribution in [1.29, 1.82) is 0 Å². The van der Waals surface area contributed by atoms with Crippen molar-refractivity contribution in [2.24, 2.45) is 0 Å². The summed E-state index contributed by atoms with van der Waals surface area (Å²) >= 11 is 1.62. The van der Waals surface area contributed by atoms with Gasteiger partial charge in [0.05, 0.1) is 5.57 Å². The zero-order valence-corrected chi connectivity index (χ0v) is 26.7. The van der Waals surface area contributed by atoms with Crippen LogP contribution in [0.1, 0.15) is 127 Å². The molecular weight excluding hydrogens is 519 g/mol. The molecule has 0 saturated carbocycles. The average molecular weight is 574 g/mol. The first-order valence-electron chi connectivity index (χ1n) is 15.2. The number of hydrogen-bond donors (Lipinski definition) is 0. The van der Waals surface area contributed by atoms with Crippen molar-refractivity contribution < 1.29 is 19.2 Å². The van der Waals surface area contributed by atoms with E-state index < -0.39 is 0 Å². The number of aryl methyl sites for hydroxylation is 2. The number of benzene rings is 2. The van der Waals surface area contributed by atoms with Gasteiger partial charge in [-0.25, -0.2) is 0 Å². The number of hydrogen-bond acceptors (Lipinski definition) is 0. The fourth-order valence-corrected chi connectivity index (χ4v) is 4.91. The third-order valence-electron chi connectivity index (χ3n) is 6.98. The molecule has 0 spiro atoms. The number of rotatable bonds is 17. The van der Waals surface area contributed by atoms with Crippen molar-refractivity contribution in [3.8, 4) is 0 Å². The molecule has 0 fully saturated rings. The van der Waals surface area contributed by atoms with Crippen molar-refractivity contribution in [3.05, 3.63) is 87.5 Å². The summed E-state index contributed by atoms with van der Waals surface area (Å²) in [6.07, 6.45) is 15.9. The summed E-state index contributed by atoms with van der Waals surface area (Å²) < 4.78 is 0. The Morgan fingerprint density at radius 2 is 1.21 bits per heavy atom. The van der Waals surface area contributed by atoms with Gasteiger partial charge in [0.1, 0.15) is 0 Å². The Morgan fingerprint density at radius 3 is 1.72 bits per heavy atom. The van der Waals surface area contributed by atoms with Gasteiger partial charge in [-0.2, -0.15) is 0 Å². The molecule has 0 amide bonds. The molecule has 0 heterocycles. The second-order valence-corrected chi connectivity index (χ2v) is 11.4. The SMILES string of the molecule is CCCCCC(C(=C=[N+]=[N-])CCCC)=C(c1cccc(CCCC)c1)c1cccc(CCCCC)c1.[CH3][Ni][CH3]. The van der Waals surface area contributed by atoms with E-state index in [1.54, 1.807) is 14.4 Å². The predicted molar refractivity (Wildman–Crippen MR) is 168 cm³/mol. The molecular formula is C36H54N2Ni. The van der Waals surface area contributed by atoms with E-state index in [2.05, 4.69) is 98.7 Å². The molecule has 39 heavy (non-hydrogen) atoms. The molecule has 0 atom stereocenters. The van der Waals surface area contributed by atoms with E-state index >= 15 is 0 Å². The van der Waals surface area contributed by atoms with Gasteiger partial charge in [-0.3, -0.25) is 0 Å². The number of allylic oxidation sites excluding steroid dienone is 2. The van der Waals surface area contributed by atoms with Crippen LogP contribution in [-0.2, 0) is 27.3 Å². The van der Waals surface area contributed by atoms with Crippen LogP contribution in [0.15, 0.2) is 59.7 Å². The first-order chi connectivity index (χ1) is 19.1. The average Bonchev–Trinajstić information content (AvgIpc) is 2.95. The van der Waals surface area contributed by atoms with E-state index in [1.807, 2.05) is 0 Å². The Hall–Kier alpha value is -2.17. The zero-order chi connectivity index (χ0) is 28.7. The Labute approximate surface area is 246 Å². The van der Waals surface area contributed by atoms with Crippen LogP contribution in [0.4, 0.5) is 0 Å².